The van der Waals surface area contributed by atoms with Crippen LogP contribution in [-0.4, -0.2) is 30.0 Å². The number of nitro benzene ring substituents is 1. The molecule has 2 aromatic rings. The minimum atomic E-state index is -0.681. The highest BCUT2D eigenvalue weighted by Crippen LogP contribution is 2.36. The third-order valence-electron chi connectivity index (χ3n) is 3.82. The summed E-state index contributed by atoms with van der Waals surface area (Å²) in [6, 6.07) is 11.7. The molecule has 28 heavy (non-hydrogen) atoms. The Bertz CT molecular complexity index is 966. The first-order valence-electron chi connectivity index (χ1n) is 8.69. The van der Waals surface area contributed by atoms with Crippen LogP contribution in [0.25, 0.3) is 6.08 Å². The summed E-state index contributed by atoms with van der Waals surface area (Å²) < 4.78 is 16.1. The summed E-state index contributed by atoms with van der Waals surface area (Å²) in [4.78, 5) is 27.3. The van der Waals surface area contributed by atoms with E-state index in [0.29, 0.717) is 24.5 Å². The van der Waals surface area contributed by atoms with Crippen molar-refractivity contribution < 1.29 is 23.9 Å². The Hall–Kier alpha value is -3.68. The Morgan fingerprint density at radius 3 is 2.36 bits per heavy atom. The highest BCUT2D eigenvalue weighted by Gasteiger charge is 2.26. The van der Waals surface area contributed by atoms with Crippen LogP contribution in [0.1, 0.15) is 25.0 Å². The maximum Gasteiger partial charge on any atom is 0.363 e. The van der Waals surface area contributed by atoms with E-state index in [1.54, 1.807) is 38.1 Å². The number of esters is 1. The number of carbonyl (C=O) groups excluding carboxylic acids is 1. The van der Waals surface area contributed by atoms with E-state index >= 15 is 0 Å². The molecule has 0 aromatic heterocycles. The van der Waals surface area contributed by atoms with Gasteiger partial charge in [-0.1, -0.05) is 18.2 Å². The molecule has 8 nitrogen and oxygen atoms in total. The average Bonchev–Trinajstić information content (AvgIpc) is 3.05. The first kappa shape index (κ1) is 19.1. The Morgan fingerprint density at radius 2 is 1.75 bits per heavy atom. The highest BCUT2D eigenvalue weighted by molar-refractivity contribution is 6.13. The Morgan fingerprint density at radius 1 is 1.11 bits per heavy atom. The maximum absolute atomic E-state index is 12.2. The second-order valence-electron chi connectivity index (χ2n) is 5.68. The van der Waals surface area contributed by atoms with E-state index < -0.39 is 10.9 Å². The van der Waals surface area contributed by atoms with Gasteiger partial charge in [-0.15, -0.1) is 0 Å². The molecule has 0 fully saturated rings. The number of rotatable bonds is 7. The lowest BCUT2D eigenvalue weighted by Gasteiger charge is -2.11. The van der Waals surface area contributed by atoms with Gasteiger partial charge in [0.1, 0.15) is 0 Å². The second kappa shape index (κ2) is 8.34. The molecule has 144 valence electrons. The SMILES string of the molecule is CCOc1cc(C=C2N=C(c3ccccc3)OC2=O)c([N+](=O)[O-])cc1OCC. The summed E-state index contributed by atoms with van der Waals surface area (Å²) in [5.41, 5.74) is 0.543. The van der Waals surface area contributed by atoms with E-state index in [-0.39, 0.29) is 28.6 Å². The molecule has 0 spiro atoms. The van der Waals surface area contributed by atoms with Crippen LogP contribution in [-0.2, 0) is 9.53 Å². The highest BCUT2D eigenvalue weighted by atomic mass is 16.6. The molecule has 0 amide bonds. The van der Waals surface area contributed by atoms with Gasteiger partial charge in [-0.25, -0.2) is 9.79 Å². The Labute approximate surface area is 161 Å². The fourth-order valence-electron chi connectivity index (χ4n) is 2.64. The van der Waals surface area contributed by atoms with Crippen LogP contribution in [0.5, 0.6) is 11.5 Å². The number of aliphatic imine (C=N–C) groups is 1. The summed E-state index contributed by atoms with van der Waals surface area (Å²) >= 11 is 0. The molecule has 0 saturated carbocycles. The van der Waals surface area contributed by atoms with Crippen LogP contribution in [0.3, 0.4) is 0 Å². The topological polar surface area (TPSA) is 100 Å². The van der Waals surface area contributed by atoms with E-state index in [2.05, 4.69) is 4.99 Å². The zero-order valence-corrected chi connectivity index (χ0v) is 15.4. The van der Waals surface area contributed by atoms with Gasteiger partial charge in [0, 0.05) is 5.56 Å². The number of ether oxygens (including phenoxy) is 3. The van der Waals surface area contributed by atoms with Gasteiger partial charge in [-0.05, 0) is 38.1 Å². The van der Waals surface area contributed by atoms with E-state index in [1.165, 1.54) is 18.2 Å². The number of cyclic esters (lactones) is 1. The average molecular weight is 382 g/mol. The number of carbonyl (C=O) groups is 1. The lowest BCUT2D eigenvalue weighted by atomic mass is 10.1. The molecule has 3 rings (SSSR count). The van der Waals surface area contributed by atoms with Crippen molar-refractivity contribution in [1.29, 1.82) is 0 Å². The van der Waals surface area contributed by atoms with Crippen LogP contribution in [0, 0.1) is 10.1 Å². The number of nitro groups is 1. The van der Waals surface area contributed by atoms with Crippen molar-refractivity contribution in [2.75, 3.05) is 13.2 Å². The summed E-state index contributed by atoms with van der Waals surface area (Å²) in [5, 5.41) is 11.5. The molecule has 1 aliphatic rings. The number of hydrogen-bond donors (Lipinski definition) is 0. The number of nitrogens with zero attached hydrogens (tertiary/aromatic N) is 2. The normalized spacial score (nSPS) is 14.6. The fraction of sp³-hybridized carbons (Fsp3) is 0.200. The van der Waals surface area contributed by atoms with Crippen molar-refractivity contribution in [2.24, 2.45) is 4.99 Å². The Balaban J connectivity index is 2.06. The van der Waals surface area contributed by atoms with Crippen molar-refractivity contribution in [3.8, 4) is 11.5 Å². The molecule has 8 heteroatoms. The van der Waals surface area contributed by atoms with Crippen LogP contribution in [0.4, 0.5) is 5.69 Å². The molecule has 1 heterocycles. The minimum absolute atomic E-state index is 0.0337. The second-order valence-corrected chi connectivity index (χ2v) is 5.68. The zero-order chi connectivity index (χ0) is 20.1. The first-order valence-corrected chi connectivity index (χ1v) is 8.69. The van der Waals surface area contributed by atoms with Crippen molar-refractivity contribution in [3.63, 3.8) is 0 Å². The van der Waals surface area contributed by atoms with E-state index in [1.807, 2.05) is 6.07 Å². The lowest BCUT2D eigenvalue weighted by molar-refractivity contribution is -0.385. The van der Waals surface area contributed by atoms with Gasteiger partial charge in [-0.2, -0.15) is 0 Å². The van der Waals surface area contributed by atoms with Gasteiger partial charge in [0.2, 0.25) is 5.90 Å². The van der Waals surface area contributed by atoms with E-state index in [0.717, 1.165) is 0 Å². The quantitative estimate of drug-likeness (QED) is 0.313. The third-order valence-corrected chi connectivity index (χ3v) is 3.82. The van der Waals surface area contributed by atoms with Gasteiger partial charge < -0.3 is 14.2 Å². The van der Waals surface area contributed by atoms with Gasteiger partial charge in [0.15, 0.2) is 17.2 Å². The standard InChI is InChI=1S/C20H18N2O6/c1-3-26-17-11-14(16(22(24)25)12-18(17)27-4-2)10-15-20(23)28-19(21-15)13-8-6-5-7-9-13/h5-12H,3-4H2,1-2H3. The molecule has 0 saturated heterocycles. The summed E-state index contributed by atoms with van der Waals surface area (Å²) in [5.74, 6) is 0.0802. The van der Waals surface area contributed by atoms with Crippen LogP contribution >= 0.6 is 0 Å². The fourth-order valence-corrected chi connectivity index (χ4v) is 2.64. The summed E-state index contributed by atoms with van der Waals surface area (Å²) in [6.07, 6.45) is 1.31. The molecule has 0 unspecified atom stereocenters. The molecular weight excluding hydrogens is 364 g/mol. The first-order chi connectivity index (χ1) is 13.5. The molecule has 0 N–H and O–H groups in total. The maximum atomic E-state index is 12.2. The van der Waals surface area contributed by atoms with E-state index in [4.69, 9.17) is 14.2 Å². The minimum Gasteiger partial charge on any atom is -0.490 e. The third kappa shape index (κ3) is 4.01. The smallest absolute Gasteiger partial charge is 0.363 e. The van der Waals surface area contributed by atoms with Crippen LogP contribution in [0.15, 0.2) is 53.2 Å². The molecule has 0 bridgehead atoms. The van der Waals surface area contributed by atoms with Crippen molar-refractivity contribution >= 4 is 23.6 Å². The number of benzene rings is 2. The predicted octanol–water partition coefficient (Wildman–Crippen LogP) is 3.74. The lowest BCUT2D eigenvalue weighted by Crippen LogP contribution is -2.05. The van der Waals surface area contributed by atoms with Gasteiger partial charge in [-0.3, -0.25) is 10.1 Å². The predicted molar refractivity (Wildman–Crippen MR) is 102 cm³/mol. The van der Waals surface area contributed by atoms with Crippen molar-refractivity contribution in [1.82, 2.24) is 0 Å². The summed E-state index contributed by atoms with van der Waals surface area (Å²) in [6.45, 7) is 4.24. The van der Waals surface area contributed by atoms with Gasteiger partial charge >= 0.3 is 5.97 Å². The van der Waals surface area contributed by atoms with E-state index in [9.17, 15) is 14.9 Å². The summed E-state index contributed by atoms with van der Waals surface area (Å²) in [7, 11) is 0. The van der Waals surface area contributed by atoms with Gasteiger partial charge in [0.05, 0.1) is 29.8 Å². The van der Waals surface area contributed by atoms with Gasteiger partial charge in [0.25, 0.3) is 5.69 Å². The molecule has 0 atom stereocenters. The molecule has 0 aliphatic carbocycles. The monoisotopic (exact) mass is 382 g/mol. The van der Waals surface area contributed by atoms with Crippen LogP contribution in [0.2, 0.25) is 0 Å². The molecule has 2 aromatic carbocycles. The Kier molecular flexibility index (Phi) is 5.69. The molecule has 1 aliphatic heterocycles. The van der Waals surface area contributed by atoms with Crippen molar-refractivity contribution in [2.45, 2.75) is 13.8 Å². The van der Waals surface area contributed by atoms with Crippen LogP contribution < -0.4 is 9.47 Å². The molecule has 0 radical (unpaired) electrons. The number of hydrogen-bond acceptors (Lipinski definition) is 7. The largest absolute Gasteiger partial charge is 0.490 e. The molecular formula is C20H18N2O6. The zero-order valence-electron chi connectivity index (χ0n) is 15.4. The van der Waals surface area contributed by atoms with Crippen molar-refractivity contribution in [3.05, 3.63) is 69.4 Å².